The fraction of sp³-hybridized carbons (Fsp3) is 0.0714. The predicted molar refractivity (Wildman–Crippen MR) is 73.0 cm³/mol. The Morgan fingerprint density at radius 2 is 1.78 bits per heavy atom. The van der Waals surface area contributed by atoms with Gasteiger partial charge in [-0.2, -0.15) is 0 Å². The molecule has 0 aromatic heterocycles. The van der Waals surface area contributed by atoms with Crippen LogP contribution in [0.1, 0.15) is 5.56 Å². The number of aliphatic imine (C=N–C) groups is 1. The largest absolute Gasteiger partial charge is 1.00 e. The Labute approximate surface area is 135 Å². The van der Waals surface area contributed by atoms with Crippen molar-refractivity contribution < 1.29 is 34.3 Å². The summed E-state index contributed by atoms with van der Waals surface area (Å²) in [5.41, 5.74) is 1.75. The maximum Gasteiger partial charge on any atom is 1.00 e. The third-order valence-electron chi connectivity index (χ3n) is 2.30. The molecule has 4 heteroatoms. The zero-order valence-electron chi connectivity index (χ0n) is 10.5. The number of methoxy groups -OCH3 is 1. The summed E-state index contributed by atoms with van der Waals surface area (Å²) >= 11 is 5.29. The van der Waals surface area contributed by atoms with Gasteiger partial charge >= 0.3 is 29.6 Å². The van der Waals surface area contributed by atoms with E-state index in [9.17, 15) is 0 Å². The van der Waals surface area contributed by atoms with Gasteiger partial charge in [0, 0.05) is 0 Å². The van der Waals surface area contributed by atoms with Crippen molar-refractivity contribution in [1.82, 2.24) is 0 Å². The normalized spacial score (nSPS) is 10.6. The second-order valence-electron chi connectivity index (χ2n) is 3.48. The molecule has 0 atom stereocenters. The van der Waals surface area contributed by atoms with Gasteiger partial charge in [-0.05, 0) is 29.8 Å². The summed E-state index contributed by atoms with van der Waals surface area (Å²) in [5.74, 6) is 0.785. The Kier molecular flexibility index (Phi) is 6.36. The molecule has 18 heavy (non-hydrogen) atoms. The van der Waals surface area contributed by atoms with Crippen molar-refractivity contribution in [3.63, 3.8) is 0 Å². The molecule has 0 amide bonds. The number of ether oxygens (including phenoxy) is 1. The number of hydrogen-bond donors (Lipinski definition) is 0. The molecular formula is C14H12NNaOS. The van der Waals surface area contributed by atoms with Crippen LogP contribution in [-0.4, -0.2) is 12.2 Å². The first-order chi connectivity index (χ1) is 8.29. The summed E-state index contributed by atoms with van der Waals surface area (Å²) in [6, 6.07) is 17.3. The van der Waals surface area contributed by atoms with Crippen molar-refractivity contribution in [3.05, 3.63) is 60.2 Å². The Bertz CT molecular complexity index is 528. The maximum absolute atomic E-state index is 5.29. The van der Waals surface area contributed by atoms with E-state index in [1.165, 1.54) is 0 Å². The van der Waals surface area contributed by atoms with Crippen LogP contribution in [0.5, 0.6) is 5.75 Å². The molecule has 86 valence electrons. The van der Waals surface area contributed by atoms with Gasteiger partial charge in [0.2, 0.25) is 0 Å². The Hall–Kier alpha value is -0.870. The van der Waals surface area contributed by atoms with E-state index in [-0.39, 0.29) is 29.6 Å². The van der Waals surface area contributed by atoms with E-state index in [1.807, 2.05) is 54.6 Å². The molecule has 0 fully saturated rings. The molecule has 0 radical (unpaired) electrons. The van der Waals surface area contributed by atoms with E-state index in [4.69, 9.17) is 17.4 Å². The van der Waals surface area contributed by atoms with E-state index in [2.05, 4.69) is 4.99 Å². The van der Waals surface area contributed by atoms with E-state index < -0.39 is 0 Å². The van der Waals surface area contributed by atoms with Gasteiger partial charge in [0.15, 0.2) is 0 Å². The summed E-state index contributed by atoms with van der Waals surface area (Å²) in [5, 5.41) is 0.565. The van der Waals surface area contributed by atoms with Crippen molar-refractivity contribution >= 4 is 23.4 Å². The SMILES string of the molecule is COc1cccc(C([S-])=Nc2ccccc2)c1.[Na+]. The molecule has 0 saturated carbocycles. The number of hydrogen-bond acceptors (Lipinski definition) is 3. The first-order valence-corrected chi connectivity index (χ1v) is 5.65. The molecule has 0 heterocycles. The van der Waals surface area contributed by atoms with Crippen LogP contribution in [0.15, 0.2) is 59.6 Å². The van der Waals surface area contributed by atoms with Gasteiger partial charge in [0.05, 0.1) is 12.8 Å². The number of rotatable bonds is 3. The third-order valence-corrected chi connectivity index (χ3v) is 2.63. The minimum absolute atomic E-state index is 0. The molecule has 0 aliphatic carbocycles. The molecule has 0 saturated heterocycles. The smallest absolute Gasteiger partial charge is 0.760 e. The van der Waals surface area contributed by atoms with Crippen LogP contribution in [0.25, 0.3) is 0 Å². The molecule has 2 aromatic rings. The standard InChI is InChI=1S/C14H13NOS.Na/c1-16-13-9-5-6-11(10-13)14(17)15-12-7-3-2-4-8-12;/h2-10H,1H3,(H,15,17);/q;+1/p-1. The van der Waals surface area contributed by atoms with Crippen LogP contribution < -0.4 is 34.3 Å². The van der Waals surface area contributed by atoms with Crippen LogP contribution >= 0.6 is 0 Å². The van der Waals surface area contributed by atoms with Crippen LogP contribution in [0, 0.1) is 0 Å². The van der Waals surface area contributed by atoms with Gasteiger partial charge in [-0.1, -0.05) is 35.4 Å². The minimum atomic E-state index is 0. The van der Waals surface area contributed by atoms with Gasteiger partial charge in [-0.25, -0.2) is 0 Å². The van der Waals surface area contributed by atoms with Crippen LogP contribution in [0.4, 0.5) is 5.69 Å². The third kappa shape index (κ3) is 4.10. The van der Waals surface area contributed by atoms with Gasteiger partial charge < -0.3 is 17.4 Å². The van der Waals surface area contributed by atoms with Gasteiger partial charge in [-0.3, -0.25) is 4.99 Å². The molecule has 0 spiro atoms. The number of para-hydroxylation sites is 1. The summed E-state index contributed by atoms with van der Waals surface area (Å²) in [7, 11) is 1.64. The average molecular weight is 265 g/mol. The summed E-state index contributed by atoms with van der Waals surface area (Å²) in [6.45, 7) is 0. The van der Waals surface area contributed by atoms with Crippen LogP contribution in [-0.2, 0) is 12.6 Å². The van der Waals surface area contributed by atoms with Gasteiger partial charge in [0.25, 0.3) is 0 Å². The Balaban J connectivity index is 0.00000162. The van der Waals surface area contributed by atoms with Crippen molar-refractivity contribution in [1.29, 1.82) is 0 Å². The fourth-order valence-corrected chi connectivity index (χ4v) is 1.67. The number of nitrogens with zero attached hydrogens (tertiary/aromatic N) is 1. The van der Waals surface area contributed by atoms with Gasteiger partial charge in [0.1, 0.15) is 5.75 Å². The van der Waals surface area contributed by atoms with E-state index >= 15 is 0 Å². The molecule has 0 bridgehead atoms. The second kappa shape index (κ2) is 7.54. The molecule has 0 aliphatic heterocycles. The molecular weight excluding hydrogens is 253 g/mol. The topological polar surface area (TPSA) is 21.6 Å². The zero-order valence-corrected chi connectivity index (χ0v) is 13.3. The van der Waals surface area contributed by atoms with Gasteiger partial charge in [-0.15, -0.1) is 0 Å². The Morgan fingerprint density at radius 3 is 2.44 bits per heavy atom. The van der Waals surface area contributed by atoms with Crippen LogP contribution in [0.2, 0.25) is 0 Å². The molecule has 2 nitrogen and oxygen atoms in total. The van der Waals surface area contributed by atoms with E-state index in [0.717, 1.165) is 17.0 Å². The molecule has 0 aliphatic rings. The summed E-state index contributed by atoms with van der Waals surface area (Å²) < 4.78 is 5.15. The summed E-state index contributed by atoms with van der Waals surface area (Å²) in [4.78, 5) is 4.38. The van der Waals surface area contributed by atoms with Crippen molar-refractivity contribution in [2.75, 3.05) is 7.11 Å². The zero-order chi connectivity index (χ0) is 12.1. The first-order valence-electron chi connectivity index (χ1n) is 5.25. The summed E-state index contributed by atoms with van der Waals surface area (Å²) in [6.07, 6.45) is 0. The maximum atomic E-state index is 5.29. The van der Waals surface area contributed by atoms with Crippen molar-refractivity contribution in [2.45, 2.75) is 0 Å². The Morgan fingerprint density at radius 1 is 1.06 bits per heavy atom. The molecule has 0 unspecified atom stereocenters. The fourth-order valence-electron chi connectivity index (χ4n) is 1.44. The van der Waals surface area contributed by atoms with Crippen molar-refractivity contribution in [2.24, 2.45) is 4.99 Å². The monoisotopic (exact) mass is 265 g/mol. The van der Waals surface area contributed by atoms with Crippen molar-refractivity contribution in [3.8, 4) is 5.75 Å². The molecule has 0 N–H and O–H groups in total. The molecule has 2 aromatic carbocycles. The average Bonchev–Trinajstić information content (AvgIpc) is 2.40. The minimum Gasteiger partial charge on any atom is -0.760 e. The number of benzene rings is 2. The quantitative estimate of drug-likeness (QED) is 0.345. The second-order valence-corrected chi connectivity index (χ2v) is 3.87. The van der Waals surface area contributed by atoms with Crippen LogP contribution in [0.3, 0.4) is 0 Å². The predicted octanol–water partition coefficient (Wildman–Crippen LogP) is 0.324. The van der Waals surface area contributed by atoms with E-state index in [1.54, 1.807) is 7.11 Å². The first kappa shape index (κ1) is 15.2. The molecule has 2 rings (SSSR count). The van der Waals surface area contributed by atoms with E-state index in [0.29, 0.717) is 5.04 Å².